The zero-order chi connectivity index (χ0) is 17.9. The van der Waals surface area contributed by atoms with Crippen molar-refractivity contribution < 1.29 is 2.85 Å². The quantitative estimate of drug-likeness (QED) is 0.353. The molecular weight excluding hydrogens is 320 g/mol. The van der Waals surface area contributed by atoms with Crippen molar-refractivity contribution in [2.45, 2.75) is 13.8 Å². The molecule has 0 radical (unpaired) electrons. The summed E-state index contributed by atoms with van der Waals surface area (Å²) in [7, 11) is 0. The second-order valence-corrected chi connectivity index (χ2v) is 5.91. The molecule has 8 bridgehead atoms. The average Bonchev–Trinajstić information content (AvgIpc) is 3.42. The molecule has 3 aromatic rings. The fraction of sp³-hybridized carbons (Fsp3) is 0.0909. The van der Waals surface area contributed by atoms with Gasteiger partial charge in [0.2, 0.25) is 0 Å². The van der Waals surface area contributed by atoms with Crippen molar-refractivity contribution >= 4 is 46.4 Å². The van der Waals surface area contributed by atoms with E-state index in [0.29, 0.717) is 0 Å². The van der Waals surface area contributed by atoms with Gasteiger partial charge in [0, 0.05) is 24.9 Å². The third-order valence-electron chi connectivity index (χ3n) is 4.04. The predicted octanol–water partition coefficient (Wildman–Crippen LogP) is 6.17. The molecule has 0 amide bonds. The van der Waals surface area contributed by atoms with E-state index in [1.54, 1.807) is 0 Å². The van der Waals surface area contributed by atoms with Gasteiger partial charge >= 0.3 is 0 Å². The Bertz CT molecular complexity index is 1080. The van der Waals surface area contributed by atoms with Gasteiger partial charge in [0.05, 0.1) is 22.8 Å². The van der Waals surface area contributed by atoms with Gasteiger partial charge in [-0.2, -0.15) is 0 Å². The van der Waals surface area contributed by atoms with Crippen LogP contribution in [-0.4, -0.2) is 19.9 Å². The monoisotopic (exact) mass is 344 g/mol. The molecular formula is C22H24N4. The lowest BCUT2D eigenvalue weighted by molar-refractivity contribution is 1.28. The summed E-state index contributed by atoms with van der Waals surface area (Å²) in [5, 5.41) is 0. The maximum absolute atomic E-state index is 4.62. The van der Waals surface area contributed by atoms with Crippen molar-refractivity contribution in [2.24, 2.45) is 0 Å². The summed E-state index contributed by atoms with van der Waals surface area (Å²) < 4.78 is 0. The Labute approximate surface area is 155 Å². The summed E-state index contributed by atoms with van der Waals surface area (Å²) in [6.45, 7) is 4.00. The minimum atomic E-state index is 0. The standard InChI is InChI=1S/C20H14N4.C2H6.2H2/c1-2-14-10-16-5-6-18(23-16)12-20-8-7-19(24-20)11-17-4-3-15(22-17)9-13(1)21-14;1-2;;/h1-12,21-22H;1-2H3;2*1H. The van der Waals surface area contributed by atoms with Crippen LogP contribution in [0.1, 0.15) is 39.5 Å². The highest BCUT2D eigenvalue weighted by Gasteiger charge is 2.02. The van der Waals surface area contributed by atoms with Crippen molar-refractivity contribution in [1.29, 1.82) is 0 Å². The lowest BCUT2D eigenvalue weighted by Gasteiger charge is -1.86. The zero-order valence-corrected chi connectivity index (χ0v) is 14.8. The Morgan fingerprint density at radius 3 is 1.31 bits per heavy atom. The van der Waals surface area contributed by atoms with Crippen LogP contribution in [0.5, 0.6) is 0 Å². The molecule has 132 valence electrons. The number of hydrogen-bond donors (Lipinski definition) is 2. The molecule has 0 spiro atoms. The second kappa shape index (κ2) is 6.84. The smallest absolute Gasteiger partial charge is 0.0659 e. The van der Waals surface area contributed by atoms with Gasteiger partial charge in [0.1, 0.15) is 0 Å². The van der Waals surface area contributed by atoms with Crippen LogP contribution in [0.3, 0.4) is 0 Å². The van der Waals surface area contributed by atoms with Gasteiger partial charge in [-0.1, -0.05) is 13.8 Å². The molecule has 26 heavy (non-hydrogen) atoms. The normalized spacial score (nSPS) is 11.9. The van der Waals surface area contributed by atoms with Crippen molar-refractivity contribution in [2.75, 3.05) is 0 Å². The minimum absolute atomic E-state index is 0. The Morgan fingerprint density at radius 2 is 0.885 bits per heavy atom. The molecule has 0 aromatic carbocycles. The molecule has 0 unspecified atom stereocenters. The van der Waals surface area contributed by atoms with E-state index in [-0.39, 0.29) is 2.85 Å². The van der Waals surface area contributed by atoms with Crippen LogP contribution in [-0.2, 0) is 0 Å². The number of hydrogen-bond acceptors (Lipinski definition) is 2. The summed E-state index contributed by atoms with van der Waals surface area (Å²) in [5.74, 6) is 0. The third-order valence-corrected chi connectivity index (χ3v) is 4.04. The molecule has 0 saturated heterocycles. The van der Waals surface area contributed by atoms with Gasteiger partial charge in [-0.05, 0) is 72.8 Å². The molecule has 3 aromatic heterocycles. The number of rotatable bonds is 0. The molecule has 4 heteroatoms. The van der Waals surface area contributed by atoms with Crippen molar-refractivity contribution in [3.63, 3.8) is 0 Å². The maximum atomic E-state index is 4.62. The highest BCUT2D eigenvalue weighted by molar-refractivity contribution is 5.77. The SMILES string of the molecule is C1=Cc2cc3ccc(cc4ccc(cc5nc(cc1n2)C=C5)[nH]4)[nH]3.CC.[HH].[HH]. The number of nitrogens with one attached hydrogen (secondary N) is 2. The summed E-state index contributed by atoms with van der Waals surface area (Å²) in [4.78, 5) is 16.0. The Kier molecular flexibility index (Phi) is 4.23. The Balaban J connectivity index is 0.000000680. The van der Waals surface area contributed by atoms with E-state index in [1.807, 2.05) is 56.4 Å². The summed E-state index contributed by atoms with van der Waals surface area (Å²) >= 11 is 0. The van der Waals surface area contributed by atoms with Crippen molar-refractivity contribution in [1.82, 2.24) is 19.9 Å². The molecule has 0 fully saturated rings. The average molecular weight is 344 g/mol. The van der Waals surface area contributed by atoms with Crippen LogP contribution < -0.4 is 0 Å². The molecule has 4 nitrogen and oxygen atoms in total. The summed E-state index contributed by atoms with van der Waals surface area (Å²) in [6, 6.07) is 16.4. The molecule has 2 N–H and O–H groups in total. The van der Waals surface area contributed by atoms with E-state index in [0.717, 1.165) is 44.8 Å². The van der Waals surface area contributed by atoms with Gasteiger partial charge in [-0.15, -0.1) is 0 Å². The fourth-order valence-electron chi connectivity index (χ4n) is 2.94. The highest BCUT2D eigenvalue weighted by atomic mass is 14.8. The molecule has 5 heterocycles. The molecule has 2 aliphatic heterocycles. The van der Waals surface area contributed by atoms with Crippen LogP contribution in [0.4, 0.5) is 0 Å². The molecule has 5 rings (SSSR count). The van der Waals surface area contributed by atoms with Crippen LogP contribution in [0.25, 0.3) is 46.4 Å². The fourth-order valence-corrected chi connectivity index (χ4v) is 2.94. The van der Waals surface area contributed by atoms with Crippen molar-refractivity contribution in [3.8, 4) is 0 Å². The topological polar surface area (TPSA) is 57.4 Å². The van der Waals surface area contributed by atoms with Crippen LogP contribution in [0.15, 0.2) is 48.5 Å². The van der Waals surface area contributed by atoms with Crippen LogP contribution >= 0.6 is 0 Å². The van der Waals surface area contributed by atoms with Gasteiger partial charge in [-0.25, -0.2) is 9.97 Å². The highest BCUT2D eigenvalue weighted by Crippen LogP contribution is 2.17. The van der Waals surface area contributed by atoms with E-state index in [4.69, 9.17) is 0 Å². The van der Waals surface area contributed by atoms with Crippen LogP contribution in [0.2, 0.25) is 0 Å². The first-order valence-corrected chi connectivity index (χ1v) is 8.85. The van der Waals surface area contributed by atoms with E-state index < -0.39 is 0 Å². The predicted molar refractivity (Wildman–Crippen MR) is 114 cm³/mol. The molecule has 0 aliphatic carbocycles. The zero-order valence-electron chi connectivity index (χ0n) is 14.8. The molecule has 0 saturated carbocycles. The second-order valence-electron chi connectivity index (χ2n) is 5.91. The van der Waals surface area contributed by atoms with Crippen molar-refractivity contribution in [3.05, 3.63) is 71.3 Å². The van der Waals surface area contributed by atoms with Gasteiger partial charge in [-0.3, -0.25) is 0 Å². The van der Waals surface area contributed by atoms with E-state index in [1.165, 1.54) is 0 Å². The Hall–Kier alpha value is -3.40. The van der Waals surface area contributed by atoms with Gasteiger partial charge in [0.15, 0.2) is 0 Å². The number of aromatic nitrogens is 4. The van der Waals surface area contributed by atoms with E-state index >= 15 is 0 Å². The first kappa shape index (κ1) is 16.1. The molecule has 0 atom stereocenters. The lowest BCUT2D eigenvalue weighted by atomic mass is 10.3. The van der Waals surface area contributed by atoms with Crippen LogP contribution in [0, 0.1) is 0 Å². The lowest BCUT2D eigenvalue weighted by Crippen LogP contribution is -1.77. The maximum Gasteiger partial charge on any atom is 0.0659 e. The van der Waals surface area contributed by atoms with E-state index in [9.17, 15) is 0 Å². The summed E-state index contributed by atoms with van der Waals surface area (Å²) in [5.41, 5.74) is 7.86. The number of fused-ring (bicyclic) bond motifs is 8. The molecule has 2 aliphatic rings. The number of nitrogens with zero attached hydrogens (tertiary/aromatic N) is 2. The first-order chi connectivity index (χ1) is 12.8. The largest absolute Gasteiger partial charge is 0.355 e. The van der Waals surface area contributed by atoms with Gasteiger partial charge < -0.3 is 9.97 Å². The first-order valence-electron chi connectivity index (χ1n) is 8.85. The number of aromatic amines is 2. The van der Waals surface area contributed by atoms with Gasteiger partial charge in [0.25, 0.3) is 0 Å². The summed E-state index contributed by atoms with van der Waals surface area (Å²) in [6.07, 6.45) is 8.05. The van der Waals surface area contributed by atoms with E-state index in [2.05, 4.69) is 50.3 Å². The minimum Gasteiger partial charge on any atom is -0.355 e. The third kappa shape index (κ3) is 3.35. The number of H-pyrrole nitrogens is 2. The Morgan fingerprint density at radius 1 is 0.538 bits per heavy atom.